The lowest BCUT2D eigenvalue weighted by atomic mass is 9.92. The van der Waals surface area contributed by atoms with Crippen molar-refractivity contribution in [1.29, 1.82) is 0 Å². The Hall–Kier alpha value is -0.700. The van der Waals surface area contributed by atoms with Crippen LogP contribution in [-0.2, 0) is 12.6 Å². The molecule has 4 heteroatoms. The summed E-state index contributed by atoms with van der Waals surface area (Å²) in [5, 5.41) is 0.0323. The van der Waals surface area contributed by atoms with E-state index in [1.807, 2.05) is 0 Å². The van der Waals surface area contributed by atoms with Crippen LogP contribution in [-0.4, -0.2) is 5.38 Å². The monoisotopic (exact) mass is 304 g/mol. The second-order valence-corrected chi connectivity index (χ2v) is 6.23. The average Bonchev–Trinajstić information content (AvgIpc) is 2.67. The first-order valence-corrected chi connectivity index (χ1v) is 7.70. The second kappa shape index (κ2) is 6.84. The molecule has 0 nitrogen and oxygen atoms in total. The van der Waals surface area contributed by atoms with Crippen molar-refractivity contribution in [2.75, 3.05) is 0 Å². The third-order valence-electron chi connectivity index (χ3n) is 4.12. The van der Waals surface area contributed by atoms with Crippen LogP contribution in [0.25, 0.3) is 0 Å². The lowest BCUT2D eigenvalue weighted by Crippen LogP contribution is -2.17. The normalized spacial score (nSPS) is 19.6. The summed E-state index contributed by atoms with van der Waals surface area (Å²) in [6.45, 7) is 0. The Kier molecular flexibility index (Phi) is 5.36. The van der Waals surface area contributed by atoms with E-state index in [1.54, 1.807) is 12.1 Å². The molecule has 1 aromatic rings. The molecule has 112 valence electrons. The van der Waals surface area contributed by atoms with Crippen molar-refractivity contribution in [2.24, 2.45) is 5.92 Å². The van der Waals surface area contributed by atoms with E-state index in [9.17, 15) is 13.2 Å². The van der Waals surface area contributed by atoms with Gasteiger partial charge in [0.1, 0.15) is 0 Å². The first-order chi connectivity index (χ1) is 9.47. The van der Waals surface area contributed by atoms with E-state index in [0.717, 1.165) is 30.5 Å². The second-order valence-electron chi connectivity index (χ2n) is 5.67. The van der Waals surface area contributed by atoms with Crippen molar-refractivity contribution in [3.8, 4) is 0 Å². The molecule has 0 aliphatic heterocycles. The molecule has 20 heavy (non-hydrogen) atoms. The number of hydrogen-bond donors (Lipinski definition) is 0. The van der Waals surface area contributed by atoms with Crippen molar-refractivity contribution >= 4 is 11.6 Å². The highest BCUT2D eigenvalue weighted by molar-refractivity contribution is 6.20. The highest BCUT2D eigenvalue weighted by Crippen LogP contribution is 2.32. The van der Waals surface area contributed by atoms with Gasteiger partial charge >= 0.3 is 6.18 Å². The van der Waals surface area contributed by atoms with Crippen molar-refractivity contribution in [3.63, 3.8) is 0 Å². The highest BCUT2D eigenvalue weighted by atomic mass is 35.5. The van der Waals surface area contributed by atoms with Crippen molar-refractivity contribution in [2.45, 2.75) is 56.5 Å². The van der Waals surface area contributed by atoms with Crippen molar-refractivity contribution < 1.29 is 13.2 Å². The molecule has 0 N–H and O–H groups in total. The topological polar surface area (TPSA) is 0 Å². The third-order valence-corrected chi connectivity index (χ3v) is 4.63. The van der Waals surface area contributed by atoms with Gasteiger partial charge in [-0.1, -0.05) is 37.8 Å². The fourth-order valence-electron chi connectivity index (χ4n) is 2.89. The maximum absolute atomic E-state index is 12.5. The van der Waals surface area contributed by atoms with E-state index in [-0.39, 0.29) is 5.38 Å². The van der Waals surface area contributed by atoms with Gasteiger partial charge in [0.25, 0.3) is 0 Å². The van der Waals surface area contributed by atoms with E-state index in [4.69, 9.17) is 11.6 Å². The molecule has 1 unspecified atom stereocenters. The molecule has 0 heterocycles. The summed E-state index contributed by atoms with van der Waals surface area (Å²) in [5.41, 5.74) is 0.295. The summed E-state index contributed by atoms with van der Waals surface area (Å²) < 4.78 is 37.5. The van der Waals surface area contributed by atoms with Gasteiger partial charge in [0.2, 0.25) is 0 Å². The number of halogens is 4. The van der Waals surface area contributed by atoms with Gasteiger partial charge in [-0.15, -0.1) is 11.6 Å². The van der Waals surface area contributed by atoms with Gasteiger partial charge in [0.05, 0.1) is 5.56 Å². The molecule has 0 amide bonds. The van der Waals surface area contributed by atoms with Crippen LogP contribution in [0.3, 0.4) is 0 Å². The number of rotatable bonds is 3. The zero-order valence-corrected chi connectivity index (χ0v) is 12.2. The molecule has 1 saturated carbocycles. The Morgan fingerprint density at radius 1 is 1.00 bits per heavy atom. The predicted octanol–water partition coefficient (Wildman–Crippen LogP) is 5.83. The zero-order valence-electron chi connectivity index (χ0n) is 11.4. The highest BCUT2D eigenvalue weighted by Gasteiger charge is 2.30. The Balaban J connectivity index is 1.95. The summed E-state index contributed by atoms with van der Waals surface area (Å²) in [5.74, 6) is 0.501. The van der Waals surface area contributed by atoms with Gasteiger partial charge in [-0.25, -0.2) is 0 Å². The summed E-state index contributed by atoms with van der Waals surface area (Å²) in [4.78, 5) is 0. The Morgan fingerprint density at radius 2 is 1.55 bits per heavy atom. The molecule has 1 fully saturated rings. The Morgan fingerprint density at radius 3 is 2.05 bits per heavy atom. The standard InChI is InChI=1S/C16H20ClF3/c17-15(13-5-3-1-2-4-6-13)11-12-7-9-14(10-8-12)16(18,19)20/h7-10,13,15H,1-6,11H2. The van der Waals surface area contributed by atoms with E-state index < -0.39 is 11.7 Å². The van der Waals surface area contributed by atoms with Gasteiger partial charge < -0.3 is 0 Å². The molecule has 0 saturated heterocycles. The molecule has 1 aromatic carbocycles. The molecular formula is C16H20ClF3. The average molecular weight is 305 g/mol. The maximum Gasteiger partial charge on any atom is 0.416 e. The summed E-state index contributed by atoms with van der Waals surface area (Å²) in [7, 11) is 0. The van der Waals surface area contributed by atoms with Crippen molar-refractivity contribution in [3.05, 3.63) is 35.4 Å². The van der Waals surface area contributed by atoms with Crippen molar-refractivity contribution in [1.82, 2.24) is 0 Å². The maximum atomic E-state index is 12.5. The first-order valence-electron chi connectivity index (χ1n) is 7.27. The summed E-state index contributed by atoms with van der Waals surface area (Å²) in [6.07, 6.45) is 3.69. The minimum absolute atomic E-state index is 0.0323. The molecule has 1 aliphatic rings. The quantitative estimate of drug-likeness (QED) is 0.487. The van der Waals surface area contributed by atoms with Gasteiger partial charge in [-0.3, -0.25) is 0 Å². The van der Waals surface area contributed by atoms with Gasteiger partial charge in [-0.05, 0) is 42.9 Å². The minimum atomic E-state index is -4.26. The van der Waals surface area contributed by atoms with Gasteiger partial charge in [0, 0.05) is 5.38 Å². The van der Waals surface area contributed by atoms with E-state index in [2.05, 4.69) is 0 Å². The molecule has 1 atom stereocenters. The molecule has 2 rings (SSSR count). The van der Waals surface area contributed by atoms with Crippen LogP contribution in [0.15, 0.2) is 24.3 Å². The van der Waals surface area contributed by atoms with E-state index in [1.165, 1.54) is 25.7 Å². The van der Waals surface area contributed by atoms with Crippen LogP contribution in [0.5, 0.6) is 0 Å². The zero-order chi connectivity index (χ0) is 14.6. The molecule has 0 radical (unpaired) electrons. The van der Waals surface area contributed by atoms with Gasteiger partial charge in [-0.2, -0.15) is 13.2 Å². The summed E-state index contributed by atoms with van der Waals surface area (Å²) >= 11 is 6.47. The molecule has 1 aliphatic carbocycles. The van der Waals surface area contributed by atoms with Crippen LogP contribution in [0.1, 0.15) is 49.7 Å². The largest absolute Gasteiger partial charge is 0.416 e. The lowest BCUT2D eigenvalue weighted by molar-refractivity contribution is -0.137. The minimum Gasteiger partial charge on any atom is -0.166 e. The molecule has 0 bridgehead atoms. The number of benzene rings is 1. The molecular weight excluding hydrogens is 285 g/mol. The van der Waals surface area contributed by atoms with Gasteiger partial charge in [0.15, 0.2) is 0 Å². The SMILES string of the molecule is FC(F)(F)c1ccc(CC(Cl)C2CCCCCC2)cc1. The van der Waals surface area contributed by atoms with E-state index in [0.29, 0.717) is 12.3 Å². The van der Waals surface area contributed by atoms with E-state index >= 15 is 0 Å². The summed E-state index contributed by atoms with van der Waals surface area (Å²) in [6, 6.07) is 5.39. The van der Waals surface area contributed by atoms with Crippen LogP contribution in [0.4, 0.5) is 13.2 Å². The molecule has 0 spiro atoms. The van der Waals surface area contributed by atoms with Crippen LogP contribution in [0, 0.1) is 5.92 Å². The smallest absolute Gasteiger partial charge is 0.166 e. The lowest BCUT2D eigenvalue weighted by Gasteiger charge is -2.20. The number of alkyl halides is 4. The third kappa shape index (κ3) is 4.41. The van der Waals surface area contributed by atoms with Crippen LogP contribution >= 0.6 is 11.6 Å². The number of hydrogen-bond acceptors (Lipinski definition) is 0. The van der Waals surface area contributed by atoms with Crippen LogP contribution < -0.4 is 0 Å². The fraction of sp³-hybridized carbons (Fsp3) is 0.625. The van der Waals surface area contributed by atoms with Crippen LogP contribution in [0.2, 0.25) is 0 Å². The Bertz CT molecular complexity index is 403. The fourth-order valence-corrected chi connectivity index (χ4v) is 3.32. The molecule has 0 aromatic heterocycles. The predicted molar refractivity (Wildman–Crippen MR) is 76.0 cm³/mol. The first kappa shape index (κ1) is 15.7. The Labute approximate surface area is 123 Å².